The first-order valence-electron chi connectivity index (χ1n) is 11.3. The molecule has 2 heterocycles. The minimum absolute atomic E-state index is 0.0430. The predicted octanol–water partition coefficient (Wildman–Crippen LogP) is 1.96. The standard InChI is InChI=1S/C24H28FN7O4/c1-15-11-17(12-19(28-15)23(35)27-13-16-5-7-18(25)8-6-16)22-29-31-32(30-22)14-20(33)26-10-9-21(34)36-24(2,3)4/h5-8,11-12H,9-10,13-14H2,1-4H3,(H,26,33)(H,27,35). The van der Waals surface area contributed by atoms with Crippen molar-refractivity contribution in [2.45, 2.75) is 52.8 Å². The van der Waals surface area contributed by atoms with Crippen molar-refractivity contribution >= 4 is 17.8 Å². The highest BCUT2D eigenvalue weighted by molar-refractivity contribution is 5.93. The van der Waals surface area contributed by atoms with E-state index in [1.54, 1.807) is 45.9 Å². The van der Waals surface area contributed by atoms with Crippen LogP contribution in [0.2, 0.25) is 0 Å². The van der Waals surface area contributed by atoms with Gasteiger partial charge in [0.2, 0.25) is 11.7 Å². The normalized spacial score (nSPS) is 11.1. The van der Waals surface area contributed by atoms with Gasteiger partial charge >= 0.3 is 5.97 Å². The van der Waals surface area contributed by atoms with Crippen LogP contribution in [0.3, 0.4) is 0 Å². The monoisotopic (exact) mass is 497 g/mol. The van der Waals surface area contributed by atoms with Gasteiger partial charge in [-0.25, -0.2) is 9.37 Å². The Balaban J connectivity index is 1.56. The molecule has 0 saturated carbocycles. The number of nitrogens with one attached hydrogen (secondary N) is 2. The van der Waals surface area contributed by atoms with E-state index in [0.29, 0.717) is 11.3 Å². The number of nitrogens with zero attached hydrogens (tertiary/aromatic N) is 5. The molecule has 1 aromatic carbocycles. The summed E-state index contributed by atoms with van der Waals surface area (Å²) in [4.78, 5) is 41.8. The summed E-state index contributed by atoms with van der Waals surface area (Å²) < 4.78 is 18.2. The smallest absolute Gasteiger partial charge is 0.308 e. The highest BCUT2D eigenvalue weighted by Crippen LogP contribution is 2.16. The van der Waals surface area contributed by atoms with E-state index in [1.807, 2.05) is 0 Å². The second-order valence-corrected chi connectivity index (χ2v) is 9.02. The largest absolute Gasteiger partial charge is 0.460 e. The van der Waals surface area contributed by atoms with E-state index in [1.165, 1.54) is 18.2 Å². The van der Waals surface area contributed by atoms with Gasteiger partial charge in [0.15, 0.2) is 0 Å². The molecule has 3 rings (SSSR count). The fraction of sp³-hybridized carbons (Fsp3) is 0.375. The summed E-state index contributed by atoms with van der Waals surface area (Å²) in [7, 11) is 0. The second-order valence-electron chi connectivity index (χ2n) is 9.02. The van der Waals surface area contributed by atoms with E-state index in [4.69, 9.17) is 4.74 Å². The van der Waals surface area contributed by atoms with Crippen LogP contribution in [0.15, 0.2) is 36.4 Å². The van der Waals surface area contributed by atoms with Crippen LogP contribution in [0.4, 0.5) is 4.39 Å². The summed E-state index contributed by atoms with van der Waals surface area (Å²) in [5, 5.41) is 17.4. The Bertz CT molecular complexity index is 1240. The number of pyridine rings is 1. The Morgan fingerprint density at radius 2 is 1.81 bits per heavy atom. The van der Waals surface area contributed by atoms with E-state index < -0.39 is 23.4 Å². The Morgan fingerprint density at radius 1 is 1.08 bits per heavy atom. The number of benzene rings is 1. The van der Waals surface area contributed by atoms with Crippen molar-refractivity contribution in [1.82, 2.24) is 35.8 Å². The molecule has 2 N–H and O–H groups in total. The molecule has 0 aliphatic heterocycles. The molecule has 190 valence electrons. The van der Waals surface area contributed by atoms with Crippen LogP contribution >= 0.6 is 0 Å². The highest BCUT2D eigenvalue weighted by atomic mass is 19.1. The van der Waals surface area contributed by atoms with Crippen LogP contribution in [-0.4, -0.2) is 55.1 Å². The Labute approximate surface area is 207 Å². The minimum atomic E-state index is -0.587. The van der Waals surface area contributed by atoms with Crippen molar-refractivity contribution in [2.24, 2.45) is 0 Å². The van der Waals surface area contributed by atoms with E-state index in [0.717, 1.165) is 10.4 Å². The molecule has 2 amide bonds. The van der Waals surface area contributed by atoms with Gasteiger partial charge in [-0.3, -0.25) is 14.4 Å². The van der Waals surface area contributed by atoms with Gasteiger partial charge in [-0.1, -0.05) is 12.1 Å². The summed E-state index contributed by atoms with van der Waals surface area (Å²) in [5.74, 6) is -1.35. The summed E-state index contributed by atoms with van der Waals surface area (Å²) >= 11 is 0. The third kappa shape index (κ3) is 8.22. The quantitative estimate of drug-likeness (QED) is 0.428. The zero-order valence-corrected chi connectivity index (χ0v) is 20.5. The highest BCUT2D eigenvalue weighted by Gasteiger charge is 2.17. The molecule has 0 aliphatic carbocycles. The Morgan fingerprint density at radius 3 is 2.50 bits per heavy atom. The van der Waals surface area contributed by atoms with Gasteiger partial charge in [-0.2, -0.15) is 4.80 Å². The van der Waals surface area contributed by atoms with Crippen molar-refractivity contribution in [1.29, 1.82) is 0 Å². The van der Waals surface area contributed by atoms with E-state index in [2.05, 4.69) is 31.0 Å². The van der Waals surface area contributed by atoms with Crippen LogP contribution in [0.25, 0.3) is 11.4 Å². The number of carbonyl (C=O) groups excluding carboxylic acids is 3. The minimum Gasteiger partial charge on any atom is -0.460 e. The van der Waals surface area contributed by atoms with E-state index >= 15 is 0 Å². The maximum atomic E-state index is 13.1. The van der Waals surface area contributed by atoms with Crippen molar-refractivity contribution in [3.8, 4) is 11.4 Å². The first-order valence-corrected chi connectivity index (χ1v) is 11.3. The first-order chi connectivity index (χ1) is 17.0. The van der Waals surface area contributed by atoms with Gasteiger partial charge in [0.05, 0.1) is 6.42 Å². The number of halogens is 1. The average molecular weight is 498 g/mol. The molecule has 0 radical (unpaired) electrons. The maximum absolute atomic E-state index is 13.1. The number of rotatable bonds is 9. The molecule has 0 aliphatic rings. The number of hydrogen-bond donors (Lipinski definition) is 2. The molecular weight excluding hydrogens is 469 g/mol. The van der Waals surface area contributed by atoms with Crippen LogP contribution < -0.4 is 10.6 Å². The number of carbonyl (C=O) groups is 3. The topological polar surface area (TPSA) is 141 Å². The molecule has 0 spiro atoms. The molecule has 2 aromatic heterocycles. The zero-order chi connectivity index (χ0) is 26.3. The van der Waals surface area contributed by atoms with Crippen LogP contribution in [-0.2, 0) is 27.4 Å². The lowest BCUT2D eigenvalue weighted by atomic mass is 10.1. The molecule has 0 bridgehead atoms. The van der Waals surface area contributed by atoms with Gasteiger partial charge in [0, 0.05) is 24.3 Å². The van der Waals surface area contributed by atoms with Crippen LogP contribution in [0.1, 0.15) is 48.9 Å². The number of ether oxygens (including phenoxy) is 1. The van der Waals surface area contributed by atoms with Gasteiger partial charge in [0.1, 0.15) is 23.7 Å². The number of aromatic nitrogens is 5. The molecule has 0 atom stereocenters. The van der Waals surface area contributed by atoms with Gasteiger partial charge < -0.3 is 15.4 Å². The van der Waals surface area contributed by atoms with E-state index in [9.17, 15) is 18.8 Å². The lowest BCUT2D eigenvalue weighted by Crippen LogP contribution is -2.32. The van der Waals surface area contributed by atoms with Crippen molar-refractivity contribution in [2.75, 3.05) is 6.54 Å². The van der Waals surface area contributed by atoms with Gasteiger partial charge in [-0.15, -0.1) is 10.2 Å². The number of hydrogen-bond acceptors (Lipinski definition) is 8. The fourth-order valence-corrected chi connectivity index (χ4v) is 3.10. The molecule has 11 nitrogen and oxygen atoms in total. The number of tetrazole rings is 1. The SMILES string of the molecule is Cc1cc(-c2nnn(CC(=O)NCCC(=O)OC(C)(C)C)n2)cc(C(=O)NCc2ccc(F)cc2)n1. The van der Waals surface area contributed by atoms with Crippen LogP contribution in [0, 0.1) is 12.7 Å². The molecule has 36 heavy (non-hydrogen) atoms. The van der Waals surface area contributed by atoms with Crippen molar-refractivity contribution in [3.05, 3.63) is 59.2 Å². The zero-order valence-electron chi connectivity index (χ0n) is 20.5. The van der Waals surface area contributed by atoms with Gasteiger partial charge in [-0.05, 0) is 62.7 Å². The van der Waals surface area contributed by atoms with Gasteiger partial charge in [0.25, 0.3) is 5.91 Å². The van der Waals surface area contributed by atoms with Crippen molar-refractivity contribution < 1.29 is 23.5 Å². The fourth-order valence-electron chi connectivity index (χ4n) is 3.10. The second kappa shape index (κ2) is 11.5. The summed E-state index contributed by atoms with van der Waals surface area (Å²) in [5.41, 5.74) is 1.38. The van der Waals surface area contributed by atoms with E-state index in [-0.39, 0.29) is 43.4 Å². The lowest BCUT2D eigenvalue weighted by molar-refractivity contribution is -0.154. The Hall–Kier alpha value is -4.22. The summed E-state index contributed by atoms with van der Waals surface area (Å²) in [6.07, 6.45) is 0.0430. The number of esters is 1. The number of amides is 2. The molecule has 3 aromatic rings. The predicted molar refractivity (Wildman–Crippen MR) is 127 cm³/mol. The number of aryl methyl sites for hydroxylation is 1. The maximum Gasteiger partial charge on any atom is 0.308 e. The average Bonchev–Trinajstić information content (AvgIpc) is 3.25. The molecule has 0 saturated heterocycles. The lowest BCUT2D eigenvalue weighted by Gasteiger charge is -2.19. The molecule has 12 heteroatoms. The third-order valence-corrected chi connectivity index (χ3v) is 4.62. The third-order valence-electron chi connectivity index (χ3n) is 4.62. The van der Waals surface area contributed by atoms with Crippen LogP contribution in [0.5, 0.6) is 0 Å². The Kier molecular flexibility index (Phi) is 8.41. The molecular formula is C24H28FN7O4. The molecule has 0 fully saturated rings. The summed E-state index contributed by atoms with van der Waals surface area (Å²) in [6, 6.07) is 9.02. The molecule has 0 unspecified atom stereocenters. The van der Waals surface area contributed by atoms with Crippen molar-refractivity contribution in [3.63, 3.8) is 0 Å². The first kappa shape index (κ1) is 26.4. The summed E-state index contributed by atoms with van der Waals surface area (Å²) in [6.45, 7) is 7.16.